The maximum atomic E-state index is 14.3. The highest BCUT2D eigenvalue weighted by atomic mass is 19.1. The predicted molar refractivity (Wildman–Crippen MR) is 89.6 cm³/mol. The maximum absolute atomic E-state index is 14.3. The van der Waals surface area contributed by atoms with E-state index in [0.717, 1.165) is 11.3 Å². The predicted octanol–water partition coefficient (Wildman–Crippen LogP) is 2.23. The normalized spacial score (nSPS) is 13.9. The van der Waals surface area contributed by atoms with Gasteiger partial charge < -0.3 is 16.0 Å². The van der Waals surface area contributed by atoms with Crippen molar-refractivity contribution in [2.45, 2.75) is 46.2 Å². The van der Waals surface area contributed by atoms with Crippen molar-refractivity contribution in [3.63, 3.8) is 0 Å². The Morgan fingerprint density at radius 3 is 2.36 bits per heavy atom. The van der Waals surface area contributed by atoms with Crippen LogP contribution in [-0.4, -0.2) is 32.1 Å². The molecule has 3 N–H and O–H groups in total. The van der Waals surface area contributed by atoms with Gasteiger partial charge in [0.2, 0.25) is 5.91 Å². The number of hydrogen-bond acceptors (Lipinski definition) is 3. The van der Waals surface area contributed by atoms with Crippen molar-refractivity contribution in [1.82, 2.24) is 5.32 Å². The Hall–Kier alpha value is -1.62. The molecule has 22 heavy (non-hydrogen) atoms. The smallest absolute Gasteiger partial charge is 0.237 e. The molecule has 4 nitrogen and oxygen atoms in total. The van der Waals surface area contributed by atoms with Crippen molar-refractivity contribution in [2.24, 2.45) is 11.7 Å². The first-order valence-corrected chi connectivity index (χ1v) is 7.65. The molecule has 0 heterocycles. The molecule has 1 aromatic rings. The summed E-state index contributed by atoms with van der Waals surface area (Å²) in [5.74, 6) is -0.353. The van der Waals surface area contributed by atoms with Crippen molar-refractivity contribution >= 4 is 11.6 Å². The first kappa shape index (κ1) is 18.4. The number of anilines is 1. The molecule has 1 amide bonds. The van der Waals surface area contributed by atoms with Gasteiger partial charge in [-0.2, -0.15) is 0 Å². The minimum absolute atomic E-state index is 0.0741. The summed E-state index contributed by atoms with van der Waals surface area (Å²) in [5, 5.41) is 2.86. The first-order chi connectivity index (χ1) is 10.1. The average Bonchev–Trinajstić information content (AvgIpc) is 2.41. The number of nitrogens with two attached hydrogens (primary N) is 1. The third-order valence-electron chi connectivity index (χ3n) is 3.84. The van der Waals surface area contributed by atoms with E-state index in [0.29, 0.717) is 12.0 Å². The van der Waals surface area contributed by atoms with Crippen LogP contribution in [0.4, 0.5) is 10.1 Å². The third-order valence-corrected chi connectivity index (χ3v) is 3.84. The molecule has 1 unspecified atom stereocenters. The number of nitrogens with one attached hydrogen (secondary N) is 1. The number of carbonyl (C=O) groups is 1. The van der Waals surface area contributed by atoms with Crippen LogP contribution >= 0.6 is 0 Å². The number of hydrogen-bond donors (Lipinski definition) is 2. The highest BCUT2D eigenvalue weighted by Crippen LogP contribution is 2.22. The van der Waals surface area contributed by atoms with Crippen LogP contribution < -0.4 is 16.0 Å². The summed E-state index contributed by atoms with van der Waals surface area (Å²) in [6, 6.07) is 2.77. The van der Waals surface area contributed by atoms with Gasteiger partial charge in [0.25, 0.3) is 0 Å². The lowest BCUT2D eigenvalue weighted by Gasteiger charge is -2.21. The summed E-state index contributed by atoms with van der Waals surface area (Å²) in [6.45, 7) is 7.56. The van der Waals surface area contributed by atoms with Crippen LogP contribution in [0.5, 0.6) is 0 Å². The van der Waals surface area contributed by atoms with Gasteiger partial charge in [0.05, 0.1) is 6.04 Å². The van der Waals surface area contributed by atoms with E-state index in [-0.39, 0.29) is 23.7 Å². The molecule has 0 aromatic heterocycles. The number of amides is 1. The zero-order valence-corrected chi connectivity index (χ0v) is 14.4. The summed E-state index contributed by atoms with van der Waals surface area (Å²) in [7, 11) is 3.76. The Morgan fingerprint density at radius 1 is 1.32 bits per heavy atom. The van der Waals surface area contributed by atoms with Gasteiger partial charge in [0.15, 0.2) is 0 Å². The van der Waals surface area contributed by atoms with E-state index in [1.54, 1.807) is 0 Å². The standard InChI is InChI=1S/C17H28FN3O/c1-10(2)16(19)17(22)20-12(4)8-14-11(3)7-13(21(5)6)9-15(14)18/h7,9-10,12,16H,8,19H2,1-6H3,(H,20,22)/t12?,16-/m0/s1. The first-order valence-electron chi connectivity index (χ1n) is 7.65. The van der Waals surface area contributed by atoms with Gasteiger partial charge in [-0.1, -0.05) is 13.8 Å². The molecule has 124 valence electrons. The fraction of sp³-hybridized carbons (Fsp3) is 0.588. The largest absolute Gasteiger partial charge is 0.378 e. The number of nitrogens with zero attached hydrogens (tertiary/aromatic N) is 1. The van der Waals surface area contributed by atoms with Crippen LogP contribution in [0.3, 0.4) is 0 Å². The van der Waals surface area contributed by atoms with Crippen LogP contribution in [0.1, 0.15) is 31.9 Å². The summed E-state index contributed by atoms with van der Waals surface area (Å²) in [6.07, 6.45) is 0.446. The van der Waals surface area contributed by atoms with E-state index in [1.165, 1.54) is 6.07 Å². The lowest BCUT2D eigenvalue weighted by molar-refractivity contribution is -0.123. The zero-order valence-electron chi connectivity index (χ0n) is 14.4. The molecule has 5 heteroatoms. The van der Waals surface area contributed by atoms with Crippen molar-refractivity contribution < 1.29 is 9.18 Å². The SMILES string of the molecule is Cc1cc(N(C)C)cc(F)c1CC(C)NC(=O)[C@@H](N)C(C)C. The molecular formula is C17H28FN3O. The molecule has 0 fully saturated rings. The zero-order chi connectivity index (χ0) is 17.0. The van der Waals surface area contributed by atoms with Gasteiger partial charge in [-0.15, -0.1) is 0 Å². The molecule has 0 radical (unpaired) electrons. The molecule has 0 saturated carbocycles. The second-order valence-corrected chi connectivity index (χ2v) is 6.50. The molecule has 0 aliphatic rings. The summed E-state index contributed by atoms with van der Waals surface area (Å²) in [4.78, 5) is 13.8. The number of aryl methyl sites for hydroxylation is 1. The molecule has 0 spiro atoms. The van der Waals surface area contributed by atoms with E-state index in [9.17, 15) is 9.18 Å². The number of halogens is 1. The second-order valence-electron chi connectivity index (χ2n) is 6.50. The number of carbonyl (C=O) groups excluding carboxylic acids is 1. The molecule has 2 atom stereocenters. The topological polar surface area (TPSA) is 58.4 Å². The van der Waals surface area contributed by atoms with E-state index < -0.39 is 6.04 Å². The fourth-order valence-electron chi connectivity index (χ4n) is 2.27. The Morgan fingerprint density at radius 2 is 1.91 bits per heavy atom. The van der Waals surface area contributed by atoms with Crippen molar-refractivity contribution in [3.05, 3.63) is 29.1 Å². The maximum Gasteiger partial charge on any atom is 0.237 e. The van der Waals surface area contributed by atoms with Gasteiger partial charge >= 0.3 is 0 Å². The lowest BCUT2D eigenvalue weighted by atomic mass is 9.99. The summed E-state index contributed by atoms with van der Waals surface area (Å²) < 4.78 is 14.3. The Labute approximate surface area is 132 Å². The van der Waals surface area contributed by atoms with Gasteiger partial charge in [0.1, 0.15) is 5.82 Å². The monoisotopic (exact) mass is 309 g/mol. The van der Waals surface area contributed by atoms with E-state index >= 15 is 0 Å². The average molecular weight is 309 g/mol. The van der Waals surface area contributed by atoms with Gasteiger partial charge in [-0.05, 0) is 49.4 Å². The fourth-order valence-corrected chi connectivity index (χ4v) is 2.27. The van der Waals surface area contributed by atoms with Crippen molar-refractivity contribution in [1.29, 1.82) is 0 Å². The Balaban J connectivity index is 2.81. The summed E-state index contributed by atoms with van der Waals surface area (Å²) >= 11 is 0. The van der Waals surface area contributed by atoms with E-state index in [4.69, 9.17) is 5.73 Å². The molecule has 0 aliphatic carbocycles. The van der Waals surface area contributed by atoms with Crippen LogP contribution in [0.15, 0.2) is 12.1 Å². The molecular weight excluding hydrogens is 281 g/mol. The molecule has 0 saturated heterocycles. The van der Waals surface area contributed by atoms with E-state index in [1.807, 2.05) is 52.8 Å². The van der Waals surface area contributed by atoms with Crippen LogP contribution in [0.2, 0.25) is 0 Å². The summed E-state index contributed by atoms with van der Waals surface area (Å²) in [5.41, 5.74) is 8.18. The van der Waals surface area contributed by atoms with Crippen LogP contribution in [-0.2, 0) is 11.2 Å². The van der Waals surface area contributed by atoms with Gasteiger partial charge in [0, 0.05) is 25.8 Å². The van der Waals surface area contributed by atoms with E-state index in [2.05, 4.69) is 5.32 Å². The molecule has 0 aliphatic heterocycles. The van der Waals surface area contributed by atoms with Crippen molar-refractivity contribution in [3.8, 4) is 0 Å². The Bertz CT molecular complexity index is 506. The molecule has 1 rings (SSSR count). The Kier molecular flexibility index (Phi) is 6.35. The minimum atomic E-state index is -0.537. The van der Waals surface area contributed by atoms with Gasteiger partial charge in [-0.3, -0.25) is 4.79 Å². The highest BCUT2D eigenvalue weighted by molar-refractivity contribution is 5.82. The van der Waals surface area contributed by atoms with Crippen LogP contribution in [0, 0.1) is 18.7 Å². The molecule has 1 aromatic carbocycles. The second kappa shape index (κ2) is 7.58. The lowest BCUT2D eigenvalue weighted by Crippen LogP contribution is -2.47. The van der Waals surface area contributed by atoms with Crippen LogP contribution in [0.25, 0.3) is 0 Å². The number of rotatable bonds is 6. The highest BCUT2D eigenvalue weighted by Gasteiger charge is 2.20. The number of benzene rings is 1. The minimum Gasteiger partial charge on any atom is -0.378 e. The molecule has 0 bridgehead atoms. The third kappa shape index (κ3) is 4.70. The van der Waals surface area contributed by atoms with Gasteiger partial charge in [-0.25, -0.2) is 4.39 Å². The van der Waals surface area contributed by atoms with Crippen molar-refractivity contribution in [2.75, 3.05) is 19.0 Å². The quantitative estimate of drug-likeness (QED) is 0.847.